The van der Waals surface area contributed by atoms with E-state index in [2.05, 4.69) is 40.7 Å². The van der Waals surface area contributed by atoms with Gasteiger partial charge in [0.1, 0.15) is 18.1 Å². The monoisotopic (exact) mass is 501 g/mol. The number of nitrogen functional groups attached to an aromatic ring is 1. The Morgan fingerprint density at radius 1 is 1.08 bits per heavy atom. The molecule has 1 saturated heterocycles. The van der Waals surface area contributed by atoms with Gasteiger partial charge in [-0.25, -0.2) is 10.1 Å². The van der Waals surface area contributed by atoms with Crippen LogP contribution in [0.5, 0.6) is 5.75 Å². The molecule has 3 N–H and O–H groups in total. The number of nitrogens with zero attached hydrogens (tertiary/aromatic N) is 7. The number of hydrogen-bond donors (Lipinski definition) is 2. The molecule has 3 heterocycles. The summed E-state index contributed by atoms with van der Waals surface area (Å²) in [4.78, 5) is 15.4. The number of amides is 1. The van der Waals surface area contributed by atoms with Crippen LogP contribution in [0.3, 0.4) is 0 Å². The molecule has 4 aromatic rings. The second-order valence-corrected chi connectivity index (χ2v) is 8.65. The summed E-state index contributed by atoms with van der Waals surface area (Å²) >= 11 is 0. The van der Waals surface area contributed by atoms with E-state index >= 15 is 0 Å². The zero-order valence-corrected chi connectivity index (χ0v) is 20.2. The summed E-state index contributed by atoms with van der Waals surface area (Å²) in [5.41, 5.74) is 10.9. The van der Waals surface area contributed by atoms with Crippen molar-refractivity contribution in [2.45, 2.75) is 32.4 Å². The zero-order valence-electron chi connectivity index (χ0n) is 20.2. The zero-order chi connectivity index (χ0) is 25.5. The van der Waals surface area contributed by atoms with Crippen LogP contribution in [0, 0.1) is 0 Å². The molecule has 1 fully saturated rings. The number of anilines is 1. The minimum atomic E-state index is -0.501. The van der Waals surface area contributed by atoms with Gasteiger partial charge in [-0.3, -0.25) is 9.69 Å². The first kappa shape index (κ1) is 24.1. The third-order valence-corrected chi connectivity index (χ3v) is 5.98. The molecule has 190 valence electrons. The molecule has 12 nitrogen and oxygen atoms in total. The highest BCUT2D eigenvalue weighted by molar-refractivity contribution is 5.95. The van der Waals surface area contributed by atoms with Gasteiger partial charge in [0.15, 0.2) is 5.69 Å². The summed E-state index contributed by atoms with van der Waals surface area (Å²) in [6.07, 6.45) is 4.96. The van der Waals surface area contributed by atoms with Gasteiger partial charge >= 0.3 is 0 Å². The van der Waals surface area contributed by atoms with E-state index in [-0.39, 0.29) is 17.3 Å². The Kier molecular flexibility index (Phi) is 7.46. The lowest BCUT2D eigenvalue weighted by Crippen LogP contribution is -2.31. The topological polar surface area (TPSA) is 150 Å². The molecular weight excluding hydrogens is 474 g/mol. The Labute approximate surface area is 213 Å². The Balaban J connectivity index is 1.26. The molecule has 12 heteroatoms. The van der Waals surface area contributed by atoms with E-state index in [1.54, 1.807) is 6.21 Å². The van der Waals surface area contributed by atoms with Crippen molar-refractivity contribution in [3.05, 3.63) is 77.1 Å². The van der Waals surface area contributed by atoms with Crippen LogP contribution in [0.4, 0.5) is 5.82 Å². The van der Waals surface area contributed by atoms with Gasteiger partial charge in [-0.2, -0.15) is 9.78 Å². The Bertz CT molecular complexity index is 1340. The van der Waals surface area contributed by atoms with Gasteiger partial charge in [-0.15, -0.1) is 5.10 Å². The molecular formula is C25H27N9O3. The van der Waals surface area contributed by atoms with Crippen LogP contribution in [0.25, 0.3) is 5.82 Å². The van der Waals surface area contributed by atoms with Crippen molar-refractivity contribution >= 4 is 17.9 Å². The number of carbonyl (C=O) groups excluding carboxylic acids is 1. The molecule has 0 saturated carbocycles. The fourth-order valence-corrected chi connectivity index (χ4v) is 4.07. The first-order valence-corrected chi connectivity index (χ1v) is 12.0. The number of hydrazone groups is 1. The highest BCUT2D eigenvalue weighted by Gasteiger charge is 2.26. The maximum absolute atomic E-state index is 13.2. The Hall–Kier alpha value is -4.58. The second kappa shape index (κ2) is 11.4. The average Bonchev–Trinajstić information content (AvgIpc) is 3.55. The van der Waals surface area contributed by atoms with Gasteiger partial charge in [-0.05, 0) is 71.6 Å². The van der Waals surface area contributed by atoms with Crippen molar-refractivity contribution in [1.29, 1.82) is 0 Å². The van der Waals surface area contributed by atoms with Gasteiger partial charge in [0.25, 0.3) is 5.91 Å². The Morgan fingerprint density at radius 2 is 1.86 bits per heavy atom. The number of rotatable bonds is 9. The van der Waals surface area contributed by atoms with Crippen molar-refractivity contribution in [2.75, 3.05) is 18.8 Å². The molecule has 0 unspecified atom stereocenters. The van der Waals surface area contributed by atoms with Crippen LogP contribution in [-0.4, -0.2) is 55.4 Å². The van der Waals surface area contributed by atoms with E-state index in [1.807, 2.05) is 54.6 Å². The number of carbonyl (C=O) groups is 1. The SMILES string of the molecule is Nc1nonc1-n1nnc(CN2CCCCC2)c1C(=O)N/N=C/c1ccc(OCc2ccccc2)cc1. The molecule has 37 heavy (non-hydrogen) atoms. The normalized spacial score (nSPS) is 14.2. The fraction of sp³-hybridized carbons (Fsp3) is 0.280. The largest absolute Gasteiger partial charge is 0.489 e. The molecule has 0 atom stereocenters. The quantitative estimate of drug-likeness (QED) is 0.260. The first-order chi connectivity index (χ1) is 18.2. The summed E-state index contributed by atoms with van der Waals surface area (Å²) in [7, 11) is 0. The smallest absolute Gasteiger partial charge is 0.292 e. The molecule has 0 spiro atoms. The van der Waals surface area contributed by atoms with Crippen molar-refractivity contribution < 1.29 is 14.2 Å². The molecule has 0 radical (unpaired) electrons. The van der Waals surface area contributed by atoms with Gasteiger partial charge < -0.3 is 10.5 Å². The molecule has 2 aromatic carbocycles. The highest BCUT2D eigenvalue weighted by Crippen LogP contribution is 2.19. The van der Waals surface area contributed by atoms with Crippen LogP contribution in [0.2, 0.25) is 0 Å². The molecule has 1 aliphatic rings. The second-order valence-electron chi connectivity index (χ2n) is 8.65. The maximum atomic E-state index is 13.2. The van der Waals surface area contributed by atoms with Crippen molar-refractivity contribution in [3.63, 3.8) is 0 Å². The molecule has 1 aliphatic heterocycles. The molecule has 2 aromatic heterocycles. The number of ether oxygens (including phenoxy) is 1. The van der Waals surface area contributed by atoms with Gasteiger partial charge in [0.2, 0.25) is 11.6 Å². The molecule has 0 bridgehead atoms. The lowest BCUT2D eigenvalue weighted by Gasteiger charge is -2.25. The molecule has 0 aliphatic carbocycles. The lowest BCUT2D eigenvalue weighted by molar-refractivity contribution is 0.0944. The minimum absolute atomic E-state index is 0.00143. The summed E-state index contributed by atoms with van der Waals surface area (Å²) in [6.45, 7) is 2.83. The number of nitrogens with two attached hydrogens (primary N) is 1. The van der Waals surface area contributed by atoms with Crippen LogP contribution >= 0.6 is 0 Å². The van der Waals surface area contributed by atoms with E-state index in [9.17, 15) is 4.79 Å². The first-order valence-electron chi connectivity index (χ1n) is 12.0. The number of likely N-dealkylation sites (tertiary alicyclic amines) is 1. The third-order valence-electron chi connectivity index (χ3n) is 5.98. The van der Waals surface area contributed by atoms with Gasteiger partial charge in [0.05, 0.1) is 6.21 Å². The summed E-state index contributed by atoms with van der Waals surface area (Å²) in [5, 5.41) is 19.8. The minimum Gasteiger partial charge on any atom is -0.489 e. The van der Waals surface area contributed by atoms with Crippen molar-refractivity contribution in [1.82, 2.24) is 35.6 Å². The van der Waals surface area contributed by atoms with E-state index in [1.165, 1.54) is 11.1 Å². The number of aromatic nitrogens is 5. The van der Waals surface area contributed by atoms with Crippen LogP contribution < -0.4 is 15.9 Å². The number of nitrogens with one attached hydrogen (secondary N) is 1. The van der Waals surface area contributed by atoms with Gasteiger partial charge in [-0.1, -0.05) is 42.0 Å². The summed E-state index contributed by atoms with van der Waals surface area (Å²) in [6, 6.07) is 17.3. The highest BCUT2D eigenvalue weighted by atomic mass is 16.6. The van der Waals surface area contributed by atoms with Crippen molar-refractivity contribution in [2.24, 2.45) is 5.10 Å². The number of piperidine rings is 1. The van der Waals surface area contributed by atoms with Crippen LogP contribution in [0.15, 0.2) is 64.3 Å². The number of hydrogen-bond acceptors (Lipinski definition) is 10. The maximum Gasteiger partial charge on any atom is 0.292 e. The molecule has 5 rings (SSSR count). The Morgan fingerprint density at radius 3 is 2.59 bits per heavy atom. The van der Waals surface area contributed by atoms with E-state index < -0.39 is 5.91 Å². The fourth-order valence-electron chi connectivity index (χ4n) is 4.07. The van der Waals surface area contributed by atoms with Crippen molar-refractivity contribution in [3.8, 4) is 11.6 Å². The van der Waals surface area contributed by atoms with E-state index in [4.69, 9.17) is 10.5 Å². The van der Waals surface area contributed by atoms with E-state index in [0.29, 0.717) is 18.8 Å². The summed E-state index contributed by atoms with van der Waals surface area (Å²) < 4.78 is 11.7. The third kappa shape index (κ3) is 5.98. The summed E-state index contributed by atoms with van der Waals surface area (Å²) in [5.74, 6) is 0.332. The van der Waals surface area contributed by atoms with E-state index in [0.717, 1.165) is 42.8 Å². The predicted octanol–water partition coefficient (Wildman–Crippen LogP) is 2.56. The van der Waals surface area contributed by atoms with Gasteiger partial charge in [0, 0.05) is 6.54 Å². The van der Waals surface area contributed by atoms with Crippen LogP contribution in [-0.2, 0) is 13.2 Å². The lowest BCUT2D eigenvalue weighted by atomic mass is 10.1. The average molecular weight is 502 g/mol. The van der Waals surface area contributed by atoms with Crippen LogP contribution in [0.1, 0.15) is 46.6 Å². The predicted molar refractivity (Wildman–Crippen MR) is 135 cm³/mol. The standard InChI is InChI=1S/C25H27N9O3/c26-23-24(31-37-30-23)34-22(21(28-32-34)16-33-13-5-2-6-14-33)25(35)29-27-15-18-9-11-20(12-10-18)36-17-19-7-3-1-4-8-19/h1,3-4,7-12,15H,2,5-6,13-14,16-17H2,(H2,26,30)(H,29,35)/b27-15+. The molecule has 1 amide bonds. The number of benzene rings is 2.